The normalized spacial score (nSPS) is 17.4. The zero-order valence-corrected chi connectivity index (χ0v) is 10.3. The van der Waals surface area contributed by atoms with Crippen LogP contribution < -0.4 is 5.32 Å². The summed E-state index contributed by atoms with van der Waals surface area (Å²) in [7, 11) is 0. The smallest absolute Gasteiger partial charge is 0.126 e. The third-order valence-corrected chi connectivity index (χ3v) is 3.02. The molecule has 98 valence electrons. The van der Waals surface area contributed by atoms with Crippen LogP contribution in [0.25, 0.3) is 6.08 Å². The molecule has 2 rings (SSSR count). The van der Waals surface area contributed by atoms with Crippen LogP contribution in [0.4, 0.5) is 8.78 Å². The number of rotatable bonds is 4. The third-order valence-electron chi connectivity index (χ3n) is 3.02. The van der Waals surface area contributed by atoms with E-state index in [1.807, 2.05) is 6.08 Å². The molecule has 0 amide bonds. The summed E-state index contributed by atoms with van der Waals surface area (Å²) in [5, 5.41) is 3.30. The number of hydrogen-bond acceptors (Lipinski definition) is 2. The standard InChI is InChI=1S/C14H18F2N2/c15-13-9-12(10-14(16)11-13)3-1-2-6-18-7-4-17-5-8-18/h1,3,9-11,17H,2,4-8H2/b3-1+. The van der Waals surface area contributed by atoms with Gasteiger partial charge in [-0.3, -0.25) is 0 Å². The number of hydrogen-bond donors (Lipinski definition) is 1. The minimum atomic E-state index is -0.531. The summed E-state index contributed by atoms with van der Waals surface area (Å²) in [6.07, 6.45) is 4.64. The van der Waals surface area contributed by atoms with Crippen LogP contribution in [0.1, 0.15) is 12.0 Å². The number of nitrogens with zero attached hydrogens (tertiary/aromatic N) is 1. The van der Waals surface area contributed by atoms with Gasteiger partial charge in [0.1, 0.15) is 11.6 Å². The molecule has 0 saturated carbocycles. The van der Waals surface area contributed by atoms with Gasteiger partial charge in [0.2, 0.25) is 0 Å². The van der Waals surface area contributed by atoms with Crippen LogP contribution in [-0.4, -0.2) is 37.6 Å². The highest BCUT2D eigenvalue weighted by Crippen LogP contribution is 2.10. The van der Waals surface area contributed by atoms with Crippen molar-refractivity contribution in [2.75, 3.05) is 32.7 Å². The molecule has 0 bridgehead atoms. The van der Waals surface area contributed by atoms with E-state index in [0.717, 1.165) is 45.2 Å². The van der Waals surface area contributed by atoms with Crippen molar-refractivity contribution in [3.8, 4) is 0 Å². The van der Waals surface area contributed by atoms with Crippen LogP contribution in [0.2, 0.25) is 0 Å². The topological polar surface area (TPSA) is 15.3 Å². The Balaban J connectivity index is 1.79. The Bertz CT molecular complexity index is 392. The highest BCUT2D eigenvalue weighted by atomic mass is 19.1. The molecule has 2 nitrogen and oxygen atoms in total. The Kier molecular flexibility index (Phi) is 4.84. The summed E-state index contributed by atoms with van der Waals surface area (Å²) in [6, 6.07) is 3.56. The maximum atomic E-state index is 12.9. The van der Waals surface area contributed by atoms with Crippen molar-refractivity contribution in [3.63, 3.8) is 0 Å². The molecule has 1 fully saturated rings. The van der Waals surface area contributed by atoms with Crippen molar-refractivity contribution in [1.29, 1.82) is 0 Å². The van der Waals surface area contributed by atoms with Crippen LogP contribution >= 0.6 is 0 Å². The first-order chi connectivity index (χ1) is 8.74. The summed E-state index contributed by atoms with van der Waals surface area (Å²) in [5.41, 5.74) is 0.577. The van der Waals surface area contributed by atoms with Crippen LogP contribution in [0, 0.1) is 11.6 Å². The summed E-state index contributed by atoms with van der Waals surface area (Å²) < 4.78 is 25.9. The lowest BCUT2D eigenvalue weighted by Crippen LogP contribution is -2.43. The van der Waals surface area contributed by atoms with Gasteiger partial charge in [0.25, 0.3) is 0 Å². The van der Waals surface area contributed by atoms with Gasteiger partial charge in [-0.15, -0.1) is 0 Å². The molecule has 0 atom stereocenters. The van der Waals surface area contributed by atoms with Crippen LogP contribution in [-0.2, 0) is 0 Å². The van der Waals surface area contributed by atoms with Crippen molar-refractivity contribution in [3.05, 3.63) is 41.5 Å². The fourth-order valence-electron chi connectivity index (χ4n) is 2.08. The quantitative estimate of drug-likeness (QED) is 0.884. The van der Waals surface area contributed by atoms with E-state index in [2.05, 4.69) is 10.2 Å². The van der Waals surface area contributed by atoms with Gasteiger partial charge in [0, 0.05) is 38.8 Å². The summed E-state index contributed by atoms with van der Waals surface area (Å²) in [4.78, 5) is 2.38. The summed E-state index contributed by atoms with van der Waals surface area (Å²) >= 11 is 0. The molecule has 1 saturated heterocycles. The number of piperazine rings is 1. The number of benzene rings is 1. The molecule has 1 aromatic carbocycles. The second-order valence-corrected chi connectivity index (χ2v) is 4.49. The highest BCUT2D eigenvalue weighted by molar-refractivity contribution is 5.49. The average Bonchev–Trinajstić information content (AvgIpc) is 2.35. The minimum Gasteiger partial charge on any atom is -0.314 e. The molecule has 1 aliphatic rings. The fraction of sp³-hybridized carbons (Fsp3) is 0.429. The van der Waals surface area contributed by atoms with Crippen LogP contribution in [0.3, 0.4) is 0 Å². The van der Waals surface area contributed by atoms with Crippen molar-refractivity contribution in [1.82, 2.24) is 10.2 Å². The third kappa shape index (κ3) is 4.20. The molecule has 0 radical (unpaired) electrons. The Morgan fingerprint density at radius 2 is 1.78 bits per heavy atom. The molecule has 4 heteroatoms. The highest BCUT2D eigenvalue weighted by Gasteiger charge is 2.07. The van der Waals surface area contributed by atoms with Gasteiger partial charge in [-0.2, -0.15) is 0 Å². The van der Waals surface area contributed by atoms with Crippen molar-refractivity contribution < 1.29 is 8.78 Å². The van der Waals surface area contributed by atoms with E-state index in [-0.39, 0.29) is 0 Å². The van der Waals surface area contributed by atoms with E-state index in [0.29, 0.717) is 5.56 Å². The largest absolute Gasteiger partial charge is 0.314 e. The summed E-state index contributed by atoms with van der Waals surface area (Å²) in [5.74, 6) is -1.06. The lowest BCUT2D eigenvalue weighted by molar-refractivity contribution is 0.245. The molecule has 1 aliphatic heterocycles. The van der Waals surface area contributed by atoms with Gasteiger partial charge in [-0.25, -0.2) is 8.78 Å². The van der Waals surface area contributed by atoms with Gasteiger partial charge >= 0.3 is 0 Å². The monoisotopic (exact) mass is 252 g/mol. The molecule has 0 unspecified atom stereocenters. The lowest BCUT2D eigenvalue weighted by Gasteiger charge is -2.26. The van der Waals surface area contributed by atoms with Crippen molar-refractivity contribution in [2.45, 2.75) is 6.42 Å². The fourth-order valence-corrected chi connectivity index (χ4v) is 2.08. The zero-order valence-electron chi connectivity index (χ0n) is 10.3. The van der Waals surface area contributed by atoms with Gasteiger partial charge in [-0.1, -0.05) is 12.2 Å². The van der Waals surface area contributed by atoms with E-state index in [1.165, 1.54) is 12.1 Å². The molecular weight excluding hydrogens is 234 g/mol. The van der Waals surface area contributed by atoms with E-state index in [4.69, 9.17) is 0 Å². The Morgan fingerprint density at radius 3 is 2.44 bits per heavy atom. The first kappa shape index (κ1) is 13.2. The van der Waals surface area contributed by atoms with Crippen LogP contribution in [0.15, 0.2) is 24.3 Å². The minimum absolute atomic E-state index is 0.531. The first-order valence-electron chi connectivity index (χ1n) is 6.30. The van der Waals surface area contributed by atoms with Gasteiger partial charge < -0.3 is 10.2 Å². The SMILES string of the molecule is Fc1cc(F)cc(/C=C/CCN2CCNCC2)c1. The molecule has 1 aromatic rings. The molecule has 0 aliphatic carbocycles. The number of halogens is 2. The predicted molar refractivity (Wildman–Crippen MR) is 69.3 cm³/mol. The molecular formula is C14H18F2N2. The lowest BCUT2D eigenvalue weighted by atomic mass is 10.2. The Labute approximate surface area is 106 Å². The van der Waals surface area contributed by atoms with Crippen molar-refractivity contribution in [2.24, 2.45) is 0 Å². The molecule has 1 N–H and O–H groups in total. The van der Waals surface area contributed by atoms with Crippen molar-refractivity contribution >= 4 is 6.08 Å². The van der Waals surface area contributed by atoms with E-state index >= 15 is 0 Å². The Hall–Kier alpha value is -1.26. The van der Waals surface area contributed by atoms with E-state index < -0.39 is 11.6 Å². The maximum absolute atomic E-state index is 12.9. The zero-order chi connectivity index (χ0) is 12.8. The average molecular weight is 252 g/mol. The van der Waals surface area contributed by atoms with Gasteiger partial charge in [0.05, 0.1) is 0 Å². The molecule has 0 spiro atoms. The van der Waals surface area contributed by atoms with E-state index in [1.54, 1.807) is 6.08 Å². The van der Waals surface area contributed by atoms with Crippen LogP contribution in [0.5, 0.6) is 0 Å². The second kappa shape index (κ2) is 6.61. The predicted octanol–water partition coefficient (Wildman–Crippen LogP) is 2.27. The van der Waals surface area contributed by atoms with Gasteiger partial charge in [0.15, 0.2) is 0 Å². The van der Waals surface area contributed by atoms with E-state index in [9.17, 15) is 8.78 Å². The Morgan fingerprint density at radius 1 is 1.11 bits per heavy atom. The second-order valence-electron chi connectivity index (χ2n) is 4.49. The van der Waals surface area contributed by atoms with Gasteiger partial charge in [-0.05, 0) is 24.1 Å². The maximum Gasteiger partial charge on any atom is 0.126 e. The molecule has 1 heterocycles. The summed E-state index contributed by atoms with van der Waals surface area (Å²) in [6.45, 7) is 5.22. The molecule has 0 aromatic heterocycles. The molecule has 18 heavy (non-hydrogen) atoms. The number of nitrogens with one attached hydrogen (secondary N) is 1. The first-order valence-corrected chi connectivity index (χ1v) is 6.30.